The molecule has 2 saturated heterocycles. The fourth-order valence-corrected chi connectivity index (χ4v) is 3.98. The summed E-state index contributed by atoms with van der Waals surface area (Å²) in [6.45, 7) is 4.65. The van der Waals surface area contributed by atoms with Gasteiger partial charge in [-0.15, -0.1) is 0 Å². The van der Waals surface area contributed by atoms with Gasteiger partial charge in [0.05, 0.1) is 13.2 Å². The predicted molar refractivity (Wildman–Crippen MR) is 93.3 cm³/mol. The summed E-state index contributed by atoms with van der Waals surface area (Å²) in [6.07, 6.45) is 0. The molecular formula is C20H23FN2O. The zero-order valence-corrected chi connectivity index (χ0v) is 13.7. The fraction of sp³-hybridized carbons (Fsp3) is 0.400. The van der Waals surface area contributed by atoms with E-state index in [-0.39, 0.29) is 5.82 Å². The van der Waals surface area contributed by atoms with Crippen LogP contribution in [0.25, 0.3) is 0 Å². The molecule has 1 N–H and O–H groups in total. The largest absolute Gasteiger partial charge is 0.381 e. The van der Waals surface area contributed by atoms with Crippen molar-refractivity contribution in [2.24, 2.45) is 11.8 Å². The predicted octanol–water partition coefficient (Wildman–Crippen LogP) is 3.38. The van der Waals surface area contributed by atoms with Gasteiger partial charge in [-0.25, -0.2) is 4.39 Å². The fourth-order valence-electron chi connectivity index (χ4n) is 3.98. The van der Waals surface area contributed by atoms with Gasteiger partial charge in [-0.05, 0) is 29.8 Å². The van der Waals surface area contributed by atoms with Gasteiger partial charge in [0, 0.05) is 43.2 Å². The van der Waals surface area contributed by atoms with Gasteiger partial charge in [-0.1, -0.05) is 30.3 Å². The summed E-state index contributed by atoms with van der Waals surface area (Å²) in [5.41, 5.74) is 2.36. The van der Waals surface area contributed by atoms with Crippen LogP contribution in [0.5, 0.6) is 0 Å². The Morgan fingerprint density at radius 1 is 0.958 bits per heavy atom. The summed E-state index contributed by atoms with van der Waals surface area (Å²) in [6, 6.07) is 17.7. The SMILES string of the molecule is Fc1ccc(N[C@@H]2[C@@H]3COC[C@H]2CN(Cc2ccccc2)C3)cc1. The second-order valence-electron chi connectivity index (χ2n) is 6.91. The number of nitrogens with zero attached hydrogens (tertiary/aromatic N) is 1. The van der Waals surface area contributed by atoms with E-state index in [0.29, 0.717) is 17.9 Å². The lowest BCUT2D eigenvalue weighted by Gasteiger charge is -2.47. The number of nitrogens with one attached hydrogen (secondary N) is 1. The molecule has 2 aromatic rings. The number of benzene rings is 2. The molecule has 0 radical (unpaired) electrons. The van der Waals surface area contributed by atoms with Crippen LogP contribution in [0.15, 0.2) is 54.6 Å². The van der Waals surface area contributed by atoms with E-state index >= 15 is 0 Å². The Balaban J connectivity index is 1.44. The van der Waals surface area contributed by atoms with E-state index in [1.807, 2.05) is 12.1 Å². The summed E-state index contributed by atoms with van der Waals surface area (Å²) < 4.78 is 18.9. The van der Waals surface area contributed by atoms with Gasteiger partial charge in [0.2, 0.25) is 0 Å². The van der Waals surface area contributed by atoms with Gasteiger partial charge in [0.15, 0.2) is 0 Å². The molecule has 2 aliphatic rings. The van der Waals surface area contributed by atoms with Gasteiger partial charge >= 0.3 is 0 Å². The molecule has 0 unspecified atom stereocenters. The maximum Gasteiger partial charge on any atom is 0.123 e. The molecule has 2 fully saturated rings. The van der Waals surface area contributed by atoms with E-state index in [0.717, 1.165) is 38.5 Å². The average molecular weight is 326 g/mol. The highest BCUT2D eigenvalue weighted by Gasteiger charge is 2.40. The Bertz CT molecular complexity index is 647. The van der Waals surface area contributed by atoms with E-state index in [1.165, 1.54) is 17.7 Å². The van der Waals surface area contributed by atoms with Crippen LogP contribution in [0.2, 0.25) is 0 Å². The van der Waals surface area contributed by atoms with E-state index in [9.17, 15) is 4.39 Å². The highest BCUT2D eigenvalue weighted by molar-refractivity contribution is 5.44. The standard InChI is InChI=1S/C20H23FN2O/c21-18-6-8-19(9-7-18)22-20-16-11-23(12-17(20)14-24-13-16)10-15-4-2-1-3-5-15/h1-9,16-17,20,22H,10-14H2/t16-,17+,20+. The number of hydrogen-bond donors (Lipinski definition) is 1. The number of halogens is 1. The van der Waals surface area contributed by atoms with E-state index in [2.05, 4.69) is 40.5 Å². The van der Waals surface area contributed by atoms with E-state index in [4.69, 9.17) is 4.74 Å². The Morgan fingerprint density at radius 2 is 1.62 bits per heavy atom. The molecule has 3 atom stereocenters. The molecule has 2 aromatic carbocycles. The molecule has 0 spiro atoms. The lowest BCUT2D eigenvalue weighted by Crippen LogP contribution is -2.57. The smallest absolute Gasteiger partial charge is 0.123 e. The van der Waals surface area contributed by atoms with Gasteiger partial charge in [0.25, 0.3) is 0 Å². The monoisotopic (exact) mass is 326 g/mol. The van der Waals surface area contributed by atoms with Crippen molar-refractivity contribution in [1.29, 1.82) is 0 Å². The summed E-state index contributed by atoms with van der Waals surface area (Å²) in [7, 11) is 0. The number of rotatable bonds is 4. The molecule has 3 nitrogen and oxygen atoms in total. The quantitative estimate of drug-likeness (QED) is 0.932. The summed E-state index contributed by atoms with van der Waals surface area (Å²) in [4.78, 5) is 2.54. The van der Waals surface area contributed by atoms with Crippen molar-refractivity contribution >= 4 is 5.69 Å². The summed E-state index contributed by atoms with van der Waals surface area (Å²) in [5.74, 6) is 0.735. The Kier molecular flexibility index (Phi) is 4.50. The third kappa shape index (κ3) is 3.45. The Hall–Kier alpha value is -1.91. The maximum atomic E-state index is 13.1. The van der Waals surface area contributed by atoms with Gasteiger partial charge in [0.1, 0.15) is 5.82 Å². The molecule has 2 aliphatic heterocycles. The molecule has 2 bridgehead atoms. The zero-order valence-electron chi connectivity index (χ0n) is 13.7. The van der Waals surface area contributed by atoms with Gasteiger partial charge in [-0.2, -0.15) is 0 Å². The molecule has 4 heteroatoms. The minimum atomic E-state index is -0.193. The third-order valence-corrected chi connectivity index (χ3v) is 5.09. The molecular weight excluding hydrogens is 303 g/mol. The highest BCUT2D eigenvalue weighted by atomic mass is 19.1. The molecule has 2 heterocycles. The van der Waals surface area contributed by atoms with Crippen molar-refractivity contribution in [1.82, 2.24) is 4.90 Å². The van der Waals surface area contributed by atoms with E-state index < -0.39 is 0 Å². The van der Waals surface area contributed by atoms with Crippen LogP contribution in [0, 0.1) is 17.7 Å². The second kappa shape index (κ2) is 6.91. The van der Waals surface area contributed by atoms with Gasteiger partial charge in [-0.3, -0.25) is 4.90 Å². The molecule has 0 aliphatic carbocycles. The first-order valence-corrected chi connectivity index (χ1v) is 8.64. The molecule has 24 heavy (non-hydrogen) atoms. The number of ether oxygens (including phenoxy) is 1. The Morgan fingerprint density at radius 3 is 2.29 bits per heavy atom. The highest BCUT2D eigenvalue weighted by Crippen LogP contribution is 2.31. The first-order chi connectivity index (χ1) is 11.8. The molecule has 0 amide bonds. The van der Waals surface area contributed by atoms with Crippen molar-refractivity contribution in [2.75, 3.05) is 31.6 Å². The first kappa shape index (κ1) is 15.6. The van der Waals surface area contributed by atoms with Crippen LogP contribution in [0.3, 0.4) is 0 Å². The van der Waals surface area contributed by atoms with Crippen LogP contribution in [-0.2, 0) is 11.3 Å². The maximum absolute atomic E-state index is 13.1. The van der Waals surface area contributed by atoms with Crippen molar-refractivity contribution in [3.05, 3.63) is 66.0 Å². The van der Waals surface area contributed by atoms with Crippen LogP contribution in [-0.4, -0.2) is 37.2 Å². The molecule has 126 valence electrons. The molecule has 0 saturated carbocycles. The van der Waals surface area contributed by atoms with Crippen molar-refractivity contribution < 1.29 is 9.13 Å². The minimum Gasteiger partial charge on any atom is -0.381 e. The zero-order chi connectivity index (χ0) is 16.4. The number of anilines is 1. The topological polar surface area (TPSA) is 24.5 Å². The second-order valence-corrected chi connectivity index (χ2v) is 6.91. The van der Waals surface area contributed by atoms with E-state index in [1.54, 1.807) is 0 Å². The van der Waals surface area contributed by atoms with Crippen LogP contribution >= 0.6 is 0 Å². The summed E-state index contributed by atoms with van der Waals surface area (Å²) >= 11 is 0. The molecule has 0 aromatic heterocycles. The average Bonchev–Trinajstić information content (AvgIpc) is 2.58. The van der Waals surface area contributed by atoms with Crippen molar-refractivity contribution in [2.45, 2.75) is 12.6 Å². The van der Waals surface area contributed by atoms with Crippen molar-refractivity contribution in [3.63, 3.8) is 0 Å². The van der Waals surface area contributed by atoms with Gasteiger partial charge < -0.3 is 10.1 Å². The summed E-state index contributed by atoms with van der Waals surface area (Å²) in [5, 5.41) is 3.62. The minimum absolute atomic E-state index is 0.193. The normalized spacial score (nSPS) is 27.0. The molecule has 4 rings (SSSR count). The number of fused-ring (bicyclic) bond motifs is 2. The third-order valence-electron chi connectivity index (χ3n) is 5.09. The van der Waals surface area contributed by atoms with Crippen molar-refractivity contribution in [3.8, 4) is 0 Å². The number of likely N-dealkylation sites (tertiary alicyclic amines) is 1. The number of piperidine rings is 1. The number of hydrogen-bond acceptors (Lipinski definition) is 3. The lowest BCUT2D eigenvalue weighted by molar-refractivity contribution is -0.0512. The Labute approximate surface area is 142 Å². The van der Waals surface area contributed by atoms with Crippen LogP contribution in [0.1, 0.15) is 5.56 Å². The van der Waals surface area contributed by atoms with Crippen LogP contribution < -0.4 is 5.32 Å². The first-order valence-electron chi connectivity index (χ1n) is 8.64. The lowest BCUT2D eigenvalue weighted by atomic mass is 9.82. The van der Waals surface area contributed by atoms with Crippen LogP contribution in [0.4, 0.5) is 10.1 Å².